The predicted molar refractivity (Wildman–Crippen MR) is 92.1 cm³/mol. The molecule has 0 aliphatic rings. The highest BCUT2D eigenvalue weighted by molar-refractivity contribution is 6.06. The molecule has 0 saturated heterocycles. The lowest BCUT2D eigenvalue weighted by atomic mass is 10.2. The summed E-state index contributed by atoms with van der Waals surface area (Å²) in [6, 6.07) is 7.95. The molecule has 0 bridgehead atoms. The van der Waals surface area contributed by atoms with Gasteiger partial charge in [-0.15, -0.1) is 0 Å². The summed E-state index contributed by atoms with van der Waals surface area (Å²) in [5.41, 5.74) is 8.72. The Labute approximate surface area is 134 Å². The number of benzene rings is 1. The van der Waals surface area contributed by atoms with Gasteiger partial charge in [0.1, 0.15) is 11.3 Å². The van der Waals surface area contributed by atoms with Gasteiger partial charge in [-0.3, -0.25) is 4.79 Å². The van der Waals surface area contributed by atoms with Crippen LogP contribution in [-0.2, 0) is 11.3 Å². The molecular weight excluding hydrogens is 290 g/mol. The lowest BCUT2D eigenvalue weighted by Crippen LogP contribution is -2.24. The van der Waals surface area contributed by atoms with Crippen LogP contribution >= 0.6 is 0 Å². The van der Waals surface area contributed by atoms with E-state index in [0.717, 1.165) is 40.7 Å². The molecule has 3 rings (SSSR count). The van der Waals surface area contributed by atoms with Crippen LogP contribution in [0, 0.1) is 6.92 Å². The van der Waals surface area contributed by atoms with Crippen molar-refractivity contribution in [2.45, 2.75) is 33.2 Å². The predicted octanol–water partition coefficient (Wildman–Crippen LogP) is 2.39. The number of anilines is 1. The molecule has 6 heteroatoms. The molecule has 3 N–H and O–H groups in total. The molecule has 23 heavy (non-hydrogen) atoms. The molecule has 0 radical (unpaired) electrons. The molecule has 0 aliphatic carbocycles. The quantitative estimate of drug-likeness (QED) is 0.708. The van der Waals surface area contributed by atoms with E-state index in [4.69, 9.17) is 5.73 Å². The van der Waals surface area contributed by atoms with Crippen LogP contribution in [0.5, 0.6) is 0 Å². The largest absolute Gasteiger partial charge is 0.382 e. The maximum Gasteiger partial charge on any atom is 0.219 e. The second-order valence-electron chi connectivity index (χ2n) is 5.58. The normalized spacial score (nSPS) is 11.2. The van der Waals surface area contributed by atoms with E-state index in [1.807, 2.05) is 38.1 Å². The molecule has 2 aromatic heterocycles. The van der Waals surface area contributed by atoms with Crippen molar-refractivity contribution in [2.24, 2.45) is 0 Å². The van der Waals surface area contributed by atoms with Crippen LogP contribution in [0.2, 0.25) is 0 Å². The monoisotopic (exact) mass is 311 g/mol. The molecule has 0 saturated carbocycles. The summed E-state index contributed by atoms with van der Waals surface area (Å²) in [5, 5.41) is 3.95. The number of nitrogen functional groups attached to an aromatic ring is 1. The first kappa shape index (κ1) is 15.3. The summed E-state index contributed by atoms with van der Waals surface area (Å²) >= 11 is 0. The lowest BCUT2D eigenvalue weighted by molar-refractivity contribution is -0.120. The summed E-state index contributed by atoms with van der Waals surface area (Å²) < 4.78 is 2.16. The highest BCUT2D eigenvalue weighted by Gasteiger charge is 2.14. The van der Waals surface area contributed by atoms with Crippen molar-refractivity contribution in [3.63, 3.8) is 0 Å². The summed E-state index contributed by atoms with van der Waals surface area (Å²) in [6.45, 7) is 5.26. The highest BCUT2D eigenvalue weighted by Crippen LogP contribution is 2.28. The van der Waals surface area contributed by atoms with E-state index in [1.165, 1.54) is 0 Å². The Bertz CT molecular complexity index is 868. The molecule has 3 aromatic rings. The zero-order valence-electron chi connectivity index (χ0n) is 13.5. The number of amides is 1. The van der Waals surface area contributed by atoms with Crippen molar-refractivity contribution >= 4 is 33.7 Å². The fourth-order valence-corrected chi connectivity index (χ4v) is 2.83. The number of nitrogens with zero attached hydrogens (tertiary/aromatic N) is 3. The smallest absolute Gasteiger partial charge is 0.219 e. The zero-order valence-corrected chi connectivity index (χ0v) is 13.5. The average Bonchev–Trinajstić information content (AvgIpc) is 2.89. The van der Waals surface area contributed by atoms with Gasteiger partial charge in [-0.2, -0.15) is 0 Å². The van der Waals surface area contributed by atoms with Crippen molar-refractivity contribution in [2.75, 3.05) is 12.3 Å². The third kappa shape index (κ3) is 2.84. The van der Waals surface area contributed by atoms with E-state index >= 15 is 0 Å². The van der Waals surface area contributed by atoms with Crippen LogP contribution in [0.1, 0.15) is 25.6 Å². The topological polar surface area (TPSA) is 85.8 Å². The van der Waals surface area contributed by atoms with Crippen molar-refractivity contribution in [3.8, 4) is 0 Å². The van der Waals surface area contributed by atoms with Gasteiger partial charge in [-0.1, -0.05) is 25.1 Å². The second kappa shape index (κ2) is 6.24. The van der Waals surface area contributed by atoms with Gasteiger partial charge >= 0.3 is 0 Å². The molecule has 0 fully saturated rings. The zero-order chi connectivity index (χ0) is 16.4. The summed E-state index contributed by atoms with van der Waals surface area (Å²) in [5.74, 6) is 1.45. The first-order valence-corrected chi connectivity index (χ1v) is 7.89. The van der Waals surface area contributed by atoms with Crippen LogP contribution in [0.4, 0.5) is 5.82 Å². The number of hydrogen-bond acceptors (Lipinski definition) is 4. The van der Waals surface area contributed by atoms with Crippen LogP contribution in [0.3, 0.4) is 0 Å². The molecule has 1 aromatic carbocycles. The maximum atomic E-state index is 11.3. The number of hydrogen-bond donors (Lipinski definition) is 2. The number of rotatable bonds is 5. The molecule has 0 aliphatic heterocycles. The van der Waals surface area contributed by atoms with Crippen molar-refractivity contribution in [3.05, 3.63) is 30.1 Å². The fourth-order valence-electron chi connectivity index (χ4n) is 2.83. The summed E-state index contributed by atoms with van der Waals surface area (Å²) in [7, 11) is 0. The molecular formula is C17H21N5O. The standard InChI is InChI=1S/C17H21N5O/c1-3-14(23)19-9-6-10-22-11(2)20-15-16(22)12-7-4-5-8-13(12)21-17(15)18/h4-5,7-8H,3,6,9-10H2,1-2H3,(H2,18,21)(H,19,23). The number of aryl methyl sites for hydroxylation is 2. The lowest BCUT2D eigenvalue weighted by Gasteiger charge is -2.09. The SMILES string of the molecule is CCC(=O)NCCCn1c(C)nc2c(N)nc3ccccc3c21. The number of pyridine rings is 1. The molecule has 0 atom stereocenters. The van der Waals surface area contributed by atoms with Crippen LogP contribution in [-0.4, -0.2) is 27.0 Å². The Hall–Kier alpha value is -2.63. The molecule has 2 heterocycles. The molecule has 1 amide bonds. The Morgan fingerprint density at radius 2 is 2.09 bits per heavy atom. The summed E-state index contributed by atoms with van der Waals surface area (Å²) in [4.78, 5) is 20.3. The van der Waals surface area contributed by atoms with Gasteiger partial charge < -0.3 is 15.6 Å². The van der Waals surface area contributed by atoms with Gasteiger partial charge in [0.2, 0.25) is 5.91 Å². The Balaban J connectivity index is 1.96. The number of carbonyl (C=O) groups is 1. The van der Waals surface area contributed by atoms with Crippen LogP contribution < -0.4 is 11.1 Å². The van der Waals surface area contributed by atoms with E-state index in [0.29, 0.717) is 18.8 Å². The Morgan fingerprint density at radius 1 is 1.30 bits per heavy atom. The number of nitrogens with two attached hydrogens (primary N) is 1. The van der Waals surface area contributed by atoms with E-state index in [-0.39, 0.29) is 5.91 Å². The van der Waals surface area contributed by atoms with E-state index in [1.54, 1.807) is 0 Å². The van der Waals surface area contributed by atoms with Gasteiger partial charge in [-0.25, -0.2) is 9.97 Å². The third-order valence-electron chi connectivity index (χ3n) is 4.00. The number of para-hydroxylation sites is 1. The number of nitrogens with one attached hydrogen (secondary N) is 1. The van der Waals surface area contributed by atoms with Gasteiger partial charge in [-0.05, 0) is 19.4 Å². The van der Waals surface area contributed by atoms with Gasteiger partial charge in [0.15, 0.2) is 5.82 Å². The number of carbonyl (C=O) groups excluding carboxylic acids is 1. The number of fused-ring (bicyclic) bond motifs is 3. The number of aromatic nitrogens is 3. The van der Waals surface area contributed by atoms with Crippen molar-refractivity contribution in [1.29, 1.82) is 0 Å². The number of imidazole rings is 1. The second-order valence-corrected chi connectivity index (χ2v) is 5.58. The molecule has 6 nitrogen and oxygen atoms in total. The molecule has 0 spiro atoms. The van der Waals surface area contributed by atoms with Crippen LogP contribution in [0.15, 0.2) is 24.3 Å². The molecule has 0 unspecified atom stereocenters. The van der Waals surface area contributed by atoms with Gasteiger partial charge in [0.25, 0.3) is 0 Å². The first-order chi connectivity index (χ1) is 11.1. The first-order valence-electron chi connectivity index (χ1n) is 7.89. The van der Waals surface area contributed by atoms with Gasteiger partial charge in [0.05, 0.1) is 11.0 Å². The third-order valence-corrected chi connectivity index (χ3v) is 4.00. The molecule has 120 valence electrons. The minimum Gasteiger partial charge on any atom is -0.382 e. The average molecular weight is 311 g/mol. The fraction of sp³-hybridized carbons (Fsp3) is 0.353. The minimum atomic E-state index is 0.0797. The van der Waals surface area contributed by atoms with E-state index in [9.17, 15) is 4.79 Å². The highest BCUT2D eigenvalue weighted by atomic mass is 16.1. The van der Waals surface area contributed by atoms with Crippen LogP contribution in [0.25, 0.3) is 21.9 Å². The summed E-state index contributed by atoms with van der Waals surface area (Å²) in [6.07, 6.45) is 1.36. The Kier molecular flexibility index (Phi) is 4.14. The van der Waals surface area contributed by atoms with Crippen molar-refractivity contribution in [1.82, 2.24) is 19.9 Å². The Morgan fingerprint density at radius 3 is 2.87 bits per heavy atom. The van der Waals surface area contributed by atoms with E-state index in [2.05, 4.69) is 19.9 Å². The maximum absolute atomic E-state index is 11.3. The van der Waals surface area contributed by atoms with E-state index < -0.39 is 0 Å². The van der Waals surface area contributed by atoms with Crippen molar-refractivity contribution < 1.29 is 4.79 Å². The minimum absolute atomic E-state index is 0.0797. The van der Waals surface area contributed by atoms with Gasteiger partial charge in [0, 0.05) is 24.9 Å².